The van der Waals surface area contributed by atoms with Gasteiger partial charge in [0.2, 0.25) is 5.96 Å². The first-order valence-corrected chi connectivity index (χ1v) is 6.91. The van der Waals surface area contributed by atoms with Crippen LogP contribution >= 0.6 is 0 Å². The zero-order valence-electron chi connectivity index (χ0n) is 13.3. The Morgan fingerprint density at radius 2 is 1.75 bits per heavy atom. The van der Waals surface area contributed by atoms with E-state index in [1.807, 2.05) is 39.5 Å². The van der Waals surface area contributed by atoms with E-state index in [-0.39, 0.29) is 12.1 Å². The highest BCUT2D eigenvalue weighted by atomic mass is 16.5. The van der Waals surface area contributed by atoms with Crippen LogP contribution in [0.1, 0.15) is 34.6 Å². The molecule has 116 valence electrons. The predicted molar refractivity (Wildman–Crippen MR) is 78.8 cm³/mol. The molecule has 3 amide bonds. The summed E-state index contributed by atoms with van der Waals surface area (Å²) in [6.45, 7) is 11.2. The average Bonchev–Trinajstić information content (AvgIpc) is 2.39. The van der Waals surface area contributed by atoms with E-state index in [1.165, 1.54) is 12.0 Å². The highest BCUT2D eigenvalue weighted by Crippen LogP contribution is 2.07. The average molecular weight is 286 g/mol. The van der Waals surface area contributed by atoms with Crippen molar-refractivity contribution in [1.82, 2.24) is 15.1 Å². The molecule has 0 saturated heterocycles. The van der Waals surface area contributed by atoms with Crippen molar-refractivity contribution in [3.63, 3.8) is 0 Å². The molecule has 0 aliphatic carbocycles. The molecule has 0 aromatic rings. The third kappa shape index (κ3) is 5.07. The van der Waals surface area contributed by atoms with Crippen LogP contribution in [0.5, 0.6) is 0 Å². The molecule has 0 rings (SSSR count). The van der Waals surface area contributed by atoms with Gasteiger partial charge in [0.25, 0.3) is 0 Å². The Labute approximate surface area is 121 Å². The number of nitrogens with one attached hydrogen (secondary N) is 1. The van der Waals surface area contributed by atoms with E-state index in [0.717, 1.165) is 0 Å². The summed E-state index contributed by atoms with van der Waals surface area (Å²) in [6.07, 6.45) is -0.721. The number of ether oxygens (including phenoxy) is 1. The third-order valence-corrected chi connectivity index (χ3v) is 2.69. The van der Waals surface area contributed by atoms with Crippen molar-refractivity contribution in [2.75, 3.05) is 26.7 Å². The molecule has 0 fully saturated rings. The van der Waals surface area contributed by atoms with Gasteiger partial charge in [-0.25, -0.2) is 9.59 Å². The van der Waals surface area contributed by atoms with E-state index in [2.05, 4.69) is 15.0 Å². The molecule has 20 heavy (non-hydrogen) atoms. The van der Waals surface area contributed by atoms with Crippen molar-refractivity contribution in [2.45, 2.75) is 40.7 Å². The first kappa shape index (κ1) is 18.2. The standard InChI is InChI=1S/C13H26N4O3/c1-7-14-12(18)17(10(4)5)11(15-13(19)20-6)16(8-2)9-3/h10H,7-9H2,1-6H3,(H,14,18)/b15-11-. The number of urea groups is 1. The molecule has 0 radical (unpaired) electrons. The molecule has 0 unspecified atom stereocenters. The van der Waals surface area contributed by atoms with Crippen LogP contribution in [-0.4, -0.2) is 60.7 Å². The summed E-state index contributed by atoms with van der Waals surface area (Å²) >= 11 is 0. The van der Waals surface area contributed by atoms with Gasteiger partial charge < -0.3 is 15.0 Å². The second kappa shape index (κ2) is 9.17. The fourth-order valence-corrected chi connectivity index (χ4v) is 1.70. The maximum atomic E-state index is 12.2. The van der Waals surface area contributed by atoms with Crippen molar-refractivity contribution in [1.29, 1.82) is 0 Å². The molecule has 0 spiro atoms. The Hall–Kier alpha value is -1.79. The summed E-state index contributed by atoms with van der Waals surface area (Å²) in [5.41, 5.74) is 0. The van der Waals surface area contributed by atoms with E-state index in [4.69, 9.17) is 0 Å². The SMILES string of the molecule is CCNC(=O)N(/C(=N\C(=O)OC)N(CC)CC)C(C)C. The molecule has 0 aliphatic heterocycles. The van der Waals surface area contributed by atoms with Gasteiger partial charge in [-0.05, 0) is 34.6 Å². The van der Waals surface area contributed by atoms with E-state index in [1.54, 1.807) is 0 Å². The van der Waals surface area contributed by atoms with Crippen LogP contribution in [0.2, 0.25) is 0 Å². The van der Waals surface area contributed by atoms with E-state index >= 15 is 0 Å². The number of aliphatic imine (C=N–C) groups is 1. The summed E-state index contributed by atoms with van der Waals surface area (Å²) in [7, 11) is 1.26. The fraction of sp³-hybridized carbons (Fsp3) is 0.769. The molecule has 0 saturated carbocycles. The predicted octanol–water partition coefficient (Wildman–Crippen LogP) is 1.89. The minimum Gasteiger partial charge on any atom is -0.451 e. The maximum Gasteiger partial charge on any atom is 0.436 e. The van der Waals surface area contributed by atoms with Crippen LogP contribution < -0.4 is 5.32 Å². The van der Waals surface area contributed by atoms with Crippen molar-refractivity contribution < 1.29 is 14.3 Å². The monoisotopic (exact) mass is 286 g/mol. The van der Waals surface area contributed by atoms with Crippen molar-refractivity contribution >= 4 is 18.1 Å². The van der Waals surface area contributed by atoms with Gasteiger partial charge in [0.1, 0.15) is 0 Å². The summed E-state index contributed by atoms with van der Waals surface area (Å²) in [4.78, 5) is 30.9. The van der Waals surface area contributed by atoms with Gasteiger partial charge in [0.15, 0.2) is 0 Å². The van der Waals surface area contributed by atoms with Crippen molar-refractivity contribution in [3.05, 3.63) is 0 Å². The number of hydrogen-bond donors (Lipinski definition) is 1. The first-order chi connectivity index (χ1) is 9.42. The Balaban J connectivity index is 5.58. The molecule has 0 aromatic carbocycles. The molecule has 0 bridgehead atoms. The second-order valence-corrected chi connectivity index (χ2v) is 4.35. The number of methoxy groups -OCH3 is 1. The largest absolute Gasteiger partial charge is 0.451 e. The lowest BCUT2D eigenvalue weighted by Crippen LogP contribution is -2.54. The third-order valence-electron chi connectivity index (χ3n) is 2.69. The zero-order valence-corrected chi connectivity index (χ0v) is 13.3. The quantitative estimate of drug-likeness (QED) is 0.632. The molecular formula is C13H26N4O3. The van der Waals surface area contributed by atoms with Crippen molar-refractivity contribution in [2.24, 2.45) is 4.99 Å². The lowest BCUT2D eigenvalue weighted by molar-refractivity contribution is 0.180. The van der Waals surface area contributed by atoms with Crippen LogP contribution in [0.15, 0.2) is 4.99 Å². The number of guanidine groups is 1. The Morgan fingerprint density at radius 3 is 2.10 bits per heavy atom. The van der Waals surface area contributed by atoms with Crippen LogP contribution in [0.4, 0.5) is 9.59 Å². The molecule has 7 nitrogen and oxygen atoms in total. The van der Waals surface area contributed by atoms with Crippen LogP contribution in [0, 0.1) is 0 Å². The molecule has 1 N–H and O–H groups in total. The Morgan fingerprint density at radius 1 is 1.20 bits per heavy atom. The highest BCUT2D eigenvalue weighted by Gasteiger charge is 2.26. The normalized spacial score (nSPS) is 11.2. The van der Waals surface area contributed by atoms with Crippen molar-refractivity contribution in [3.8, 4) is 0 Å². The Kier molecular flexibility index (Phi) is 8.35. The minimum absolute atomic E-state index is 0.134. The minimum atomic E-state index is -0.721. The van der Waals surface area contributed by atoms with Gasteiger partial charge >= 0.3 is 12.1 Å². The van der Waals surface area contributed by atoms with Gasteiger partial charge in [0, 0.05) is 25.7 Å². The number of amides is 3. The van der Waals surface area contributed by atoms with Gasteiger partial charge in [-0.1, -0.05) is 0 Å². The van der Waals surface area contributed by atoms with Gasteiger partial charge in [0.05, 0.1) is 7.11 Å². The lowest BCUT2D eigenvalue weighted by Gasteiger charge is -2.33. The summed E-state index contributed by atoms with van der Waals surface area (Å²) < 4.78 is 4.58. The number of rotatable bonds is 4. The van der Waals surface area contributed by atoms with Crippen LogP contribution in [-0.2, 0) is 4.74 Å². The molecule has 0 aliphatic rings. The van der Waals surface area contributed by atoms with Crippen LogP contribution in [0.3, 0.4) is 0 Å². The topological polar surface area (TPSA) is 74.2 Å². The van der Waals surface area contributed by atoms with Gasteiger partial charge in [-0.3, -0.25) is 4.90 Å². The number of nitrogens with zero attached hydrogens (tertiary/aromatic N) is 3. The van der Waals surface area contributed by atoms with E-state index in [0.29, 0.717) is 25.6 Å². The molecular weight excluding hydrogens is 260 g/mol. The second-order valence-electron chi connectivity index (χ2n) is 4.35. The molecule has 0 aromatic heterocycles. The van der Waals surface area contributed by atoms with E-state index < -0.39 is 6.09 Å². The molecule has 7 heteroatoms. The number of carbonyl (C=O) groups is 2. The van der Waals surface area contributed by atoms with Crippen LogP contribution in [0.25, 0.3) is 0 Å². The maximum absolute atomic E-state index is 12.2. The molecule has 0 heterocycles. The van der Waals surface area contributed by atoms with Gasteiger partial charge in [-0.2, -0.15) is 0 Å². The molecule has 0 atom stereocenters. The lowest BCUT2D eigenvalue weighted by atomic mass is 10.3. The summed E-state index contributed by atoms with van der Waals surface area (Å²) in [6, 6.07) is -0.414. The first-order valence-electron chi connectivity index (χ1n) is 6.91. The zero-order chi connectivity index (χ0) is 15.7. The summed E-state index contributed by atoms with van der Waals surface area (Å²) in [5.74, 6) is 0.308. The fourth-order valence-electron chi connectivity index (χ4n) is 1.70. The smallest absolute Gasteiger partial charge is 0.436 e. The van der Waals surface area contributed by atoms with Gasteiger partial charge in [-0.15, -0.1) is 4.99 Å². The summed E-state index contributed by atoms with van der Waals surface area (Å²) in [5, 5.41) is 2.73. The Bertz CT molecular complexity index is 352. The highest BCUT2D eigenvalue weighted by molar-refractivity contribution is 6.00. The number of hydrogen-bond acceptors (Lipinski definition) is 3. The number of carbonyl (C=O) groups excluding carboxylic acids is 2. The van der Waals surface area contributed by atoms with E-state index in [9.17, 15) is 9.59 Å².